The van der Waals surface area contributed by atoms with E-state index in [1.165, 1.54) is 24.1 Å². The Morgan fingerprint density at radius 3 is 2.21 bits per heavy atom. The lowest BCUT2D eigenvalue weighted by atomic mass is 10.1. The van der Waals surface area contributed by atoms with Gasteiger partial charge in [0.05, 0.1) is 30.7 Å². The molecule has 0 spiro atoms. The second kappa shape index (κ2) is 10.7. The Morgan fingerprint density at radius 2 is 1.79 bits per heavy atom. The van der Waals surface area contributed by atoms with Crippen LogP contribution >= 0.6 is 0 Å². The quantitative estimate of drug-likeness (QED) is 0.223. The molecule has 1 saturated heterocycles. The first-order chi connectivity index (χ1) is 15.4. The number of nitro benzene ring substituents is 1. The monoisotopic (exact) mass is 478 g/mol. The van der Waals surface area contributed by atoms with Crippen LogP contribution in [0.1, 0.15) is 65.2 Å². The van der Waals surface area contributed by atoms with Crippen molar-refractivity contribution >= 4 is 19.9 Å². The number of allylic oxidation sites excluding steroid dienone is 1. The fourth-order valence-corrected chi connectivity index (χ4v) is 10.5. The third-order valence-corrected chi connectivity index (χ3v) is 12.9. The van der Waals surface area contributed by atoms with Gasteiger partial charge in [-0.15, -0.1) is 0 Å². The molecule has 9 heteroatoms. The van der Waals surface area contributed by atoms with Crippen molar-refractivity contribution < 1.29 is 24.0 Å². The van der Waals surface area contributed by atoms with E-state index in [9.17, 15) is 20.0 Å². The first-order valence-electron chi connectivity index (χ1n) is 11.6. The molecule has 0 bridgehead atoms. The van der Waals surface area contributed by atoms with Crippen molar-refractivity contribution in [2.75, 3.05) is 20.3 Å². The molecule has 0 aliphatic carbocycles. The molecule has 1 heterocycles. The van der Waals surface area contributed by atoms with Gasteiger partial charge in [-0.1, -0.05) is 53.2 Å². The van der Waals surface area contributed by atoms with E-state index in [2.05, 4.69) is 41.5 Å². The molecule has 1 aromatic rings. The number of methoxy groups -OCH3 is 1. The van der Waals surface area contributed by atoms with Crippen LogP contribution in [-0.4, -0.2) is 55.5 Å². The number of hydrogen-bond acceptors (Lipinski definition) is 6. The smallest absolute Gasteiger partial charge is 0.286 e. The van der Waals surface area contributed by atoms with Gasteiger partial charge in [0.25, 0.3) is 19.9 Å². The van der Waals surface area contributed by atoms with Gasteiger partial charge >= 0.3 is 0 Å². The third kappa shape index (κ3) is 5.09. The molecular formula is C24H38N2O6Si. The summed E-state index contributed by atoms with van der Waals surface area (Å²) in [6, 6.07) is 2.34. The second-order valence-corrected chi connectivity index (χ2v) is 15.0. The zero-order valence-electron chi connectivity index (χ0n) is 21.0. The van der Waals surface area contributed by atoms with E-state index in [1.807, 2.05) is 13.0 Å². The number of nitrogens with zero attached hydrogens (tertiary/aromatic N) is 2. The molecule has 0 aromatic heterocycles. The third-order valence-electron chi connectivity index (χ3n) is 6.89. The summed E-state index contributed by atoms with van der Waals surface area (Å²) in [6.07, 6.45) is 2.46. The zero-order valence-corrected chi connectivity index (χ0v) is 22.0. The van der Waals surface area contributed by atoms with E-state index in [0.717, 1.165) is 5.57 Å². The maximum absolute atomic E-state index is 13.4. The van der Waals surface area contributed by atoms with E-state index in [0.29, 0.717) is 24.5 Å². The van der Waals surface area contributed by atoms with Gasteiger partial charge in [0.1, 0.15) is 5.56 Å². The Bertz CT molecular complexity index is 891. The molecule has 1 atom stereocenters. The number of carbonyl (C=O) groups is 1. The van der Waals surface area contributed by atoms with E-state index in [-0.39, 0.29) is 34.5 Å². The van der Waals surface area contributed by atoms with Crippen LogP contribution in [0, 0.1) is 10.1 Å². The Kier molecular flexibility index (Phi) is 8.70. The summed E-state index contributed by atoms with van der Waals surface area (Å²) in [5.74, 6) is 0.106. The molecule has 1 aromatic carbocycles. The van der Waals surface area contributed by atoms with Crippen LogP contribution in [-0.2, 0) is 0 Å². The summed E-state index contributed by atoms with van der Waals surface area (Å²) in [6.45, 7) is 14.8. The van der Waals surface area contributed by atoms with Crippen LogP contribution in [0.15, 0.2) is 23.8 Å². The summed E-state index contributed by atoms with van der Waals surface area (Å²) in [7, 11) is -0.945. The number of rotatable bonds is 9. The fourth-order valence-electron chi connectivity index (χ4n) is 5.24. The lowest BCUT2D eigenvalue weighted by Crippen LogP contribution is -2.50. The Labute approximate surface area is 197 Å². The minimum atomic E-state index is -2.41. The van der Waals surface area contributed by atoms with Gasteiger partial charge in [-0.25, -0.2) is 0 Å². The summed E-state index contributed by atoms with van der Waals surface area (Å²) >= 11 is 0. The molecule has 1 fully saturated rings. The molecule has 8 nitrogen and oxygen atoms in total. The molecule has 1 aliphatic rings. The maximum Gasteiger partial charge on any atom is 0.286 e. The summed E-state index contributed by atoms with van der Waals surface area (Å²) < 4.78 is 12.2. The number of amides is 1. The molecule has 2 rings (SSSR count). The zero-order chi connectivity index (χ0) is 25.1. The number of aliphatic hydroxyl groups is 1. The predicted octanol–water partition coefficient (Wildman–Crippen LogP) is 5.31. The maximum atomic E-state index is 13.4. The molecule has 1 amide bonds. The van der Waals surface area contributed by atoms with Crippen molar-refractivity contribution in [2.24, 2.45) is 0 Å². The number of nitro groups is 1. The van der Waals surface area contributed by atoms with Gasteiger partial charge in [0, 0.05) is 12.6 Å². The molecule has 0 saturated carbocycles. The van der Waals surface area contributed by atoms with Gasteiger partial charge in [0.15, 0.2) is 11.5 Å². The largest absolute Gasteiger partial charge is 0.540 e. The van der Waals surface area contributed by atoms with Crippen molar-refractivity contribution in [3.05, 3.63) is 39.5 Å². The molecule has 0 radical (unpaired) electrons. The lowest BCUT2D eigenvalue weighted by Gasteiger charge is -2.42. The van der Waals surface area contributed by atoms with Crippen LogP contribution < -0.4 is 9.16 Å². The van der Waals surface area contributed by atoms with Gasteiger partial charge < -0.3 is 19.2 Å². The summed E-state index contributed by atoms with van der Waals surface area (Å²) in [5.41, 5.74) is 1.41. The number of hydrogen-bond donors (Lipinski definition) is 1. The average molecular weight is 479 g/mol. The van der Waals surface area contributed by atoms with Crippen molar-refractivity contribution in [3.63, 3.8) is 0 Å². The standard InChI is InChI=1S/C24H38N2O6Si/c1-9-18-10-19(14-27)25(13-18)24(28)20-11-22(31-8)23(12-21(20)26(29)30)32-33(15(2)3,16(4)5)17(6)7/h9,11-12,15-17,19,27H,10,13-14H2,1-8H3/b18-9+/t19-/m0/s1. The number of ether oxygens (including phenoxy) is 1. The Hall–Kier alpha value is -2.39. The van der Waals surface area contributed by atoms with Crippen molar-refractivity contribution in [3.8, 4) is 11.5 Å². The van der Waals surface area contributed by atoms with E-state index in [4.69, 9.17) is 9.16 Å². The van der Waals surface area contributed by atoms with Crippen LogP contribution in [0.4, 0.5) is 5.69 Å². The fraction of sp³-hybridized carbons (Fsp3) is 0.625. The van der Waals surface area contributed by atoms with Crippen molar-refractivity contribution in [1.29, 1.82) is 0 Å². The highest BCUT2D eigenvalue weighted by Crippen LogP contribution is 2.46. The first-order valence-corrected chi connectivity index (χ1v) is 13.7. The van der Waals surface area contributed by atoms with E-state index < -0.39 is 25.2 Å². The van der Waals surface area contributed by atoms with Gasteiger partial charge in [-0.05, 0) is 30.0 Å². The minimum Gasteiger partial charge on any atom is -0.540 e. The van der Waals surface area contributed by atoms with Crippen LogP contribution in [0.3, 0.4) is 0 Å². The SMILES string of the molecule is C/C=C1\C[C@@H](CO)N(C(=O)c2cc(OC)c(O[Si](C(C)C)(C(C)C)C(C)C)cc2[N+](=O)[O-])C1. The van der Waals surface area contributed by atoms with Crippen LogP contribution in [0.5, 0.6) is 11.5 Å². The van der Waals surface area contributed by atoms with Crippen LogP contribution in [0.2, 0.25) is 16.6 Å². The Balaban J connectivity index is 2.62. The second-order valence-electron chi connectivity index (χ2n) is 9.62. The average Bonchev–Trinajstić information content (AvgIpc) is 3.19. The first kappa shape index (κ1) is 26.9. The highest BCUT2D eigenvalue weighted by atomic mass is 28.4. The van der Waals surface area contributed by atoms with E-state index >= 15 is 0 Å². The Morgan fingerprint density at radius 1 is 1.21 bits per heavy atom. The number of benzene rings is 1. The van der Waals surface area contributed by atoms with Gasteiger partial charge in [-0.2, -0.15) is 0 Å². The summed E-state index contributed by atoms with van der Waals surface area (Å²) in [5, 5.41) is 21.8. The molecule has 0 unspecified atom stereocenters. The van der Waals surface area contributed by atoms with Crippen LogP contribution in [0.25, 0.3) is 0 Å². The molecule has 1 aliphatic heterocycles. The van der Waals surface area contributed by atoms with Gasteiger partial charge in [0.2, 0.25) is 0 Å². The minimum absolute atomic E-state index is 0.0640. The number of likely N-dealkylation sites (tertiary alicyclic amines) is 1. The van der Waals surface area contributed by atoms with E-state index in [1.54, 1.807) is 0 Å². The highest BCUT2D eigenvalue weighted by molar-refractivity contribution is 6.78. The molecule has 1 N–H and O–H groups in total. The van der Waals surface area contributed by atoms with Gasteiger partial charge in [-0.3, -0.25) is 14.9 Å². The molecule has 33 heavy (non-hydrogen) atoms. The summed E-state index contributed by atoms with van der Waals surface area (Å²) in [4.78, 5) is 26.3. The lowest BCUT2D eigenvalue weighted by molar-refractivity contribution is -0.385. The van der Waals surface area contributed by atoms with Crippen molar-refractivity contribution in [1.82, 2.24) is 4.90 Å². The number of aliphatic hydroxyl groups excluding tert-OH is 1. The molecule has 184 valence electrons. The highest BCUT2D eigenvalue weighted by Gasteiger charge is 2.48. The normalized spacial score (nSPS) is 18.0. The predicted molar refractivity (Wildman–Crippen MR) is 132 cm³/mol. The number of carbonyl (C=O) groups excluding carboxylic acids is 1. The topological polar surface area (TPSA) is 102 Å². The van der Waals surface area contributed by atoms with Crippen molar-refractivity contribution in [2.45, 2.75) is 77.6 Å². The molecular weight excluding hydrogens is 440 g/mol.